The molecular weight excluding hydrogens is 231 g/mol. The Labute approximate surface area is 96.5 Å². The first-order valence-electron chi connectivity index (χ1n) is 4.79. The largest absolute Gasteiger partial charge is 0.760 e. The molecule has 0 aliphatic carbocycles. The van der Waals surface area contributed by atoms with Crippen molar-refractivity contribution in [3.63, 3.8) is 0 Å². The molecule has 2 atom stereocenters. The van der Waals surface area contributed by atoms with Gasteiger partial charge in [-0.2, -0.15) is 0 Å². The molecule has 1 rings (SSSR count). The maximum Gasteiger partial charge on any atom is 0.128 e. The zero-order valence-electron chi connectivity index (χ0n) is 9.12. The van der Waals surface area contributed by atoms with Crippen LogP contribution in [0.25, 0.3) is 0 Å². The van der Waals surface area contributed by atoms with E-state index in [0.29, 0.717) is 11.1 Å². The molecule has 16 heavy (non-hydrogen) atoms. The van der Waals surface area contributed by atoms with Gasteiger partial charge in [-0.1, -0.05) is 6.07 Å². The van der Waals surface area contributed by atoms with Crippen molar-refractivity contribution in [3.05, 3.63) is 34.6 Å². The van der Waals surface area contributed by atoms with Gasteiger partial charge in [-0.25, -0.2) is 9.11 Å². The Morgan fingerprint density at radius 3 is 2.75 bits per heavy atom. The highest BCUT2D eigenvalue weighted by Crippen LogP contribution is 2.19. The normalized spacial score (nSPS) is 14.8. The molecule has 1 aromatic carbocycles. The molecule has 0 heterocycles. The molecule has 0 aromatic heterocycles. The number of hydrogen-bond donors (Lipinski definition) is 2. The highest BCUT2D eigenvalue weighted by Gasteiger charge is 2.10. The maximum atomic E-state index is 13.5. The van der Waals surface area contributed by atoms with Crippen LogP contribution >= 0.6 is 0 Å². The number of halogens is 1. The molecule has 0 fully saturated rings. The Balaban J connectivity index is 2.96. The summed E-state index contributed by atoms with van der Waals surface area (Å²) >= 11 is -2.34. The molecule has 0 aliphatic heterocycles. The first-order valence-corrected chi connectivity index (χ1v) is 5.86. The van der Waals surface area contributed by atoms with Crippen LogP contribution in [0.15, 0.2) is 12.1 Å². The summed E-state index contributed by atoms with van der Waals surface area (Å²) in [6, 6.07) is 2.58. The minimum absolute atomic E-state index is 0.0814. The van der Waals surface area contributed by atoms with Gasteiger partial charge in [0.15, 0.2) is 0 Å². The van der Waals surface area contributed by atoms with Gasteiger partial charge in [0.2, 0.25) is 0 Å². The van der Waals surface area contributed by atoms with E-state index in [0.717, 1.165) is 5.56 Å². The Bertz CT molecular complexity index is 410. The van der Waals surface area contributed by atoms with Crippen LogP contribution in [0.3, 0.4) is 0 Å². The van der Waals surface area contributed by atoms with E-state index < -0.39 is 17.1 Å². The second kappa shape index (κ2) is 5.49. The van der Waals surface area contributed by atoms with E-state index in [2.05, 4.69) is 4.72 Å². The van der Waals surface area contributed by atoms with E-state index in [-0.39, 0.29) is 12.6 Å². The van der Waals surface area contributed by atoms with Crippen molar-refractivity contribution in [2.45, 2.75) is 26.4 Å². The summed E-state index contributed by atoms with van der Waals surface area (Å²) in [5.74, 6) is -0.408. The molecule has 4 nitrogen and oxygen atoms in total. The maximum absolute atomic E-state index is 13.5. The molecule has 3 N–H and O–H groups in total. The van der Waals surface area contributed by atoms with Gasteiger partial charge >= 0.3 is 0 Å². The lowest BCUT2D eigenvalue weighted by Crippen LogP contribution is -2.17. The van der Waals surface area contributed by atoms with Crippen LogP contribution in [0.4, 0.5) is 4.39 Å². The average molecular weight is 245 g/mol. The Morgan fingerprint density at radius 1 is 1.62 bits per heavy atom. The third kappa shape index (κ3) is 3.34. The zero-order valence-corrected chi connectivity index (χ0v) is 9.94. The first kappa shape index (κ1) is 13.2. The molecule has 0 saturated heterocycles. The summed E-state index contributed by atoms with van der Waals surface area (Å²) in [6.45, 7) is 3.57. The standard InChI is InChI=1S/C10H15FN2O2S/c1-6-3-9(7(2)12)10(11)4-8(6)5-13-16(14)15/h3-4,7,13H,5,12H2,1-2H3,(H,14,15)/p-1. The Kier molecular flexibility index (Phi) is 4.55. The SMILES string of the molecule is Cc1cc(C(C)N)c(F)cc1CNS(=O)[O-]. The number of nitrogens with one attached hydrogen (secondary N) is 1. The Hall–Kier alpha value is -0.820. The smallest absolute Gasteiger partial charge is 0.128 e. The summed E-state index contributed by atoms with van der Waals surface area (Å²) in [6.07, 6.45) is 0. The van der Waals surface area contributed by atoms with E-state index in [1.807, 2.05) is 0 Å². The quantitative estimate of drug-likeness (QED) is 0.778. The fourth-order valence-corrected chi connectivity index (χ4v) is 1.69. The number of nitrogens with two attached hydrogens (primary N) is 1. The van der Waals surface area contributed by atoms with Crippen molar-refractivity contribution in [2.24, 2.45) is 5.73 Å². The lowest BCUT2D eigenvalue weighted by molar-refractivity contribution is 0.522. The van der Waals surface area contributed by atoms with Gasteiger partial charge in [0.25, 0.3) is 0 Å². The van der Waals surface area contributed by atoms with Gasteiger partial charge < -0.3 is 10.3 Å². The van der Waals surface area contributed by atoms with Gasteiger partial charge in [-0.3, -0.25) is 4.21 Å². The van der Waals surface area contributed by atoms with Crippen molar-refractivity contribution in [1.82, 2.24) is 4.72 Å². The number of hydrogen-bond acceptors (Lipinski definition) is 3. The molecular formula is C10H14FN2O2S-. The molecule has 0 spiro atoms. The lowest BCUT2D eigenvalue weighted by Gasteiger charge is -2.13. The van der Waals surface area contributed by atoms with Gasteiger partial charge in [-0.15, -0.1) is 0 Å². The van der Waals surface area contributed by atoms with E-state index in [1.54, 1.807) is 19.9 Å². The van der Waals surface area contributed by atoms with Crippen LogP contribution in [-0.4, -0.2) is 8.76 Å². The van der Waals surface area contributed by atoms with E-state index in [9.17, 15) is 13.2 Å². The molecule has 0 amide bonds. The Morgan fingerprint density at radius 2 is 2.25 bits per heavy atom. The van der Waals surface area contributed by atoms with Crippen LogP contribution in [0.1, 0.15) is 29.7 Å². The van der Waals surface area contributed by atoms with Crippen LogP contribution < -0.4 is 10.5 Å². The lowest BCUT2D eigenvalue weighted by atomic mass is 10.0. The first-order chi connectivity index (χ1) is 7.41. The summed E-state index contributed by atoms with van der Waals surface area (Å²) in [5.41, 5.74) is 7.45. The van der Waals surface area contributed by atoms with Crippen molar-refractivity contribution >= 4 is 11.3 Å². The molecule has 90 valence electrons. The van der Waals surface area contributed by atoms with Crippen LogP contribution in [0, 0.1) is 12.7 Å². The molecule has 0 radical (unpaired) electrons. The van der Waals surface area contributed by atoms with Crippen LogP contribution in [0.5, 0.6) is 0 Å². The second-order valence-corrected chi connectivity index (χ2v) is 4.40. The van der Waals surface area contributed by atoms with Gasteiger partial charge in [0.05, 0.1) is 0 Å². The van der Waals surface area contributed by atoms with Crippen molar-refractivity contribution in [3.8, 4) is 0 Å². The van der Waals surface area contributed by atoms with Crippen molar-refractivity contribution < 1.29 is 13.2 Å². The molecule has 0 saturated carbocycles. The zero-order chi connectivity index (χ0) is 12.3. The number of aryl methyl sites for hydroxylation is 1. The monoisotopic (exact) mass is 245 g/mol. The molecule has 0 bridgehead atoms. The highest BCUT2D eigenvalue weighted by molar-refractivity contribution is 7.77. The van der Waals surface area contributed by atoms with Crippen molar-refractivity contribution in [1.29, 1.82) is 0 Å². The summed E-state index contributed by atoms with van der Waals surface area (Å²) in [5, 5.41) is 0. The van der Waals surface area contributed by atoms with E-state index in [1.165, 1.54) is 6.07 Å². The van der Waals surface area contributed by atoms with Gasteiger partial charge in [0, 0.05) is 29.4 Å². The highest BCUT2D eigenvalue weighted by atomic mass is 32.2. The van der Waals surface area contributed by atoms with E-state index in [4.69, 9.17) is 5.73 Å². The fourth-order valence-electron chi connectivity index (χ4n) is 1.42. The summed E-state index contributed by atoms with van der Waals surface area (Å²) < 4.78 is 36.4. The average Bonchev–Trinajstić information content (AvgIpc) is 2.18. The molecule has 6 heteroatoms. The van der Waals surface area contributed by atoms with Gasteiger partial charge in [-0.05, 0) is 31.0 Å². The third-order valence-corrected chi connectivity index (χ3v) is 2.71. The minimum atomic E-state index is -2.34. The fraction of sp³-hybridized carbons (Fsp3) is 0.400. The number of rotatable bonds is 4. The van der Waals surface area contributed by atoms with Gasteiger partial charge in [0.1, 0.15) is 5.82 Å². The van der Waals surface area contributed by atoms with E-state index >= 15 is 0 Å². The van der Waals surface area contributed by atoms with Crippen molar-refractivity contribution in [2.75, 3.05) is 0 Å². The van der Waals surface area contributed by atoms with Crippen LogP contribution in [0.2, 0.25) is 0 Å². The second-order valence-electron chi connectivity index (χ2n) is 3.64. The summed E-state index contributed by atoms with van der Waals surface area (Å²) in [7, 11) is 0. The molecule has 0 aliphatic rings. The molecule has 1 aromatic rings. The predicted molar refractivity (Wildman–Crippen MR) is 59.5 cm³/mol. The molecule has 2 unspecified atom stereocenters. The topological polar surface area (TPSA) is 78.2 Å². The predicted octanol–water partition coefficient (Wildman–Crippen LogP) is 1.04. The third-order valence-electron chi connectivity index (χ3n) is 2.33. The summed E-state index contributed by atoms with van der Waals surface area (Å²) in [4.78, 5) is 0. The number of benzene rings is 1. The van der Waals surface area contributed by atoms with Crippen LogP contribution in [-0.2, 0) is 17.8 Å². The minimum Gasteiger partial charge on any atom is -0.760 e.